The highest BCUT2D eigenvalue weighted by molar-refractivity contribution is 7.89. The van der Waals surface area contributed by atoms with Gasteiger partial charge in [-0.05, 0) is 56.0 Å². The lowest BCUT2D eigenvalue weighted by Gasteiger charge is -2.29. The maximum Gasteiger partial charge on any atom is 0.261 e. The summed E-state index contributed by atoms with van der Waals surface area (Å²) in [5.74, 6) is 0.453. The molecule has 3 heterocycles. The van der Waals surface area contributed by atoms with E-state index in [4.69, 9.17) is 0 Å². The van der Waals surface area contributed by atoms with Gasteiger partial charge in [0.15, 0.2) is 0 Å². The monoisotopic (exact) mass is 455 g/mol. The van der Waals surface area contributed by atoms with Crippen molar-refractivity contribution in [3.8, 4) is 0 Å². The average Bonchev–Trinajstić information content (AvgIpc) is 2.76. The maximum absolute atomic E-state index is 13.1. The molecule has 1 amide bonds. The number of anilines is 1. The van der Waals surface area contributed by atoms with E-state index >= 15 is 0 Å². The molecule has 0 aliphatic carbocycles. The van der Waals surface area contributed by atoms with Gasteiger partial charge in [-0.25, -0.2) is 18.4 Å². The summed E-state index contributed by atoms with van der Waals surface area (Å²) in [6, 6.07) is 9.59. The van der Waals surface area contributed by atoms with Crippen molar-refractivity contribution in [3.05, 3.63) is 58.8 Å². The Kier molecular flexibility index (Phi) is 6.07. The molecule has 1 fully saturated rings. The first kappa shape index (κ1) is 22.1. The summed E-state index contributed by atoms with van der Waals surface area (Å²) in [6.07, 6.45) is 2.91. The topological polar surface area (TPSA) is 114 Å². The molecule has 1 aromatic carbocycles. The second kappa shape index (κ2) is 8.79. The van der Waals surface area contributed by atoms with Gasteiger partial charge < -0.3 is 5.32 Å². The number of pyridine rings is 1. The number of carbonyl (C=O) groups is 1. The zero-order valence-electron chi connectivity index (χ0n) is 18.0. The van der Waals surface area contributed by atoms with Crippen molar-refractivity contribution >= 4 is 32.7 Å². The SMILES string of the molecule is Cc1cccc(NC(=O)Cn2cnc3ccc(S(=O)(=O)N4CCC(C)CC4)cc3c2=O)n1. The number of sulfonamides is 1. The zero-order chi connectivity index (χ0) is 22.9. The predicted octanol–water partition coefficient (Wildman–Crippen LogP) is 2.16. The fraction of sp³-hybridized carbons (Fsp3) is 0.364. The molecule has 0 spiro atoms. The van der Waals surface area contributed by atoms with E-state index in [0.29, 0.717) is 30.3 Å². The van der Waals surface area contributed by atoms with Crippen LogP contribution < -0.4 is 10.9 Å². The predicted molar refractivity (Wildman–Crippen MR) is 121 cm³/mol. The number of amides is 1. The summed E-state index contributed by atoms with van der Waals surface area (Å²) in [4.78, 5) is 33.9. The standard InChI is InChI=1S/C22H25N5O4S/c1-15-8-10-27(11-9-15)32(30,31)17-6-7-19-18(12-17)22(29)26(14-23-19)13-21(28)25-20-5-3-4-16(2)24-20/h3-7,12,14-15H,8-11,13H2,1-2H3,(H,24,25,28). The fourth-order valence-electron chi connectivity index (χ4n) is 3.74. The number of benzene rings is 1. The quantitative estimate of drug-likeness (QED) is 0.631. The van der Waals surface area contributed by atoms with Crippen molar-refractivity contribution in [2.75, 3.05) is 18.4 Å². The molecular formula is C22H25N5O4S. The van der Waals surface area contributed by atoms with Gasteiger partial charge in [-0.2, -0.15) is 4.31 Å². The largest absolute Gasteiger partial charge is 0.309 e. The molecule has 4 rings (SSSR count). The van der Waals surface area contributed by atoms with Crippen LogP contribution in [0.25, 0.3) is 10.9 Å². The molecule has 2 aromatic heterocycles. The normalized spacial score (nSPS) is 15.7. The molecule has 1 N–H and O–H groups in total. The maximum atomic E-state index is 13.1. The Morgan fingerprint density at radius 3 is 2.66 bits per heavy atom. The van der Waals surface area contributed by atoms with Crippen LogP contribution >= 0.6 is 0 Å². The van der Waals surface area contributed by atoms with Gasteiger partial charge in [0.05, 0.1) is 22.1 Å². The van der Waals surface area contributed by atoms with E-state index in [1.165, 1.54) is 28.8 Å². The summed E-state index contributed by atoms with van der Waals surface area (Å²) in [5.41, 5.74) is 0.647. The second-order valence-corrected chi connectivity index (χ2v) is 10.1. The molecule has 9 nitrogen and oxygen atoms in total. The first-order chi connectivity index (χ1) is 15.2. The van der Waals surface area contributed by atoms with E-state index < -0.39 is 21.5 Å². The van der Waals surface area contributed by atoms with Gasteiger partial charge in [0.25, 0.3) is 5.56 Å². The van der Waals surface area contributed by atoms with Crippen LogP contribution in [0.4, 0.5) is 5.82 Å². The van der Waals surface area contributed by atoms with Gasteiger partial charge in [0, 0.05) is 18.8 Å². The number of piperidine rings is 1. The van der Waals surface area contributed by atoms with E-state index in [0.717, 1.165) is 23.1 Å². The lowest BCUT2D eigenvalue weighted by atomic mass is 10.0. The van der Waals surface area contributed by atoms with Crippen molar-refractivity contribution in [1.29, 1.82) is 0 Å². The van der Waals surface area contributed by atoms with Crippen LogP contribution in [0.2, 0.25) is 0 Å². The van der Waals surface area contributed by atoms with Crippen LogP contribution in [-0.2, 0) is 21.4 Å². The van der Waals surface area contributed by atoms with E-state index in [1.54, 1.807) is 12.1 Å². The molecule has 1 aliphatic rings. The lowest BCUT2D eigenvalue weighted by Crippen LogP contribution is -2.38. The Hall–Kier alpha value is -3.11. The van der Waals surface area contributed by atoms with Crippen LogP contribution in [0, 0.1) is 12.8 Å². The van der Waals surface area contributed by atoms with Crippen LogP contribution in [-0.4, -0.2) is 46.3 Å². The Bertz CT molecular complexity index is 1330. The Balaban J connectivity index is 1.60. The third kappa shape index (κ3) is 4.56. The first-order valence-corrected chi connectivity index (χ1v) is 11.9. The molecule has 0 bridgehead atoms. The third-order valence-electron chi connectivity index (χ3n) is 5.65. The molecule has 0 radical (unpaired) electrons. The van der Waals surface area contributed by atoms with Gasteiger partial charge in [0.2, 0.25) is 15.9 Å². The first-order valence-electron chi connectivity index (χ1n) is 10.5. The second-order valence-electron chi connectivity index (χ2n) is 8.16. The van der Waals surface area contributed by atoms with E-state index in [1.807, 2.05) is 13.0 Å². The number of aryl methyl sites for hydroxylation is 1. The van der Waals surface area contributed by atoms with Gasteiger partial charge in [-0.3, -0.25) is 14.2 Å². The minimum absolute atomic E-state index is 0.0598. The smallest absolute Gasteiger partial charge is 0.261 e. The van der Waals surface area contributed by atoms with Crippen molar-refractivity contribution < 1.29 is 13.2 Å². The van der Waals surface area contributed by atoms with Gasteiger partial charge in [-0.15, -0.1) is 0 Å². The molecule has 168 valence electrons. The minimum atomic E-state index is -3.70. The number of hydrogen-bond donors (Lipinski definition) is 1. The van der Waals surface area contributed by atoms with Crippen LogP contribution in [0.15, 0.2) is 52.4 Å². The highest BCUT2D eigenvalue weighted by Crippen LogP contribution is 2.24. The van der Waals surface area contributed by atoms with Crippen LogP contribution in [0.5, 0.6) is 0 Å². The molecule has 0 unspecified atom stereocenters. The van der Waals surface area contributed by atoms with E-state index in [9.17, 15) is 18.0 Å². The molecule has 3 aromatic rings. The lowest BCUT2D eigenvalue weighted by molar-refractivity contribution is -0.116. The summed E-state index contributed by atoms with van der Waals surface area (Å²) in [7, 11) is -3.70. The summed E-state index contributed by atoms with van der Waals surface area (Å²) < 4.78 is 28.8. The molecule has 0 saturated carbocycles. The van der Waals surface area contributed by atoms with Crippen molar-refractivity contribution in [2.24, 2.45) is 5.92 Å². The number of nitrogens with zero attached hydrogens (tertiary/aromatic N) is 4. The zero-order valence-corrected chi connectivity index (χ0v) is 18.8. The van der Waals surface area contributed by atoms with Crippen molar-refractivity contribution in [1.82, 2.24) is 18.8 Å². The number of rotatable bonds is 5. The van der Waals surface area contributed by atoms with Gasteiger partial charge >= 0.3 is 0 Å². The van der Waals surface area contributed by atoms with E-state index in [-0.39, 0.29) is 16.8 Å². The molecular weight excluding hydrogens is 430 g/mol. The van der Waals surface area contributed by atoms with Gasteiger partial charge in [0.1, 0.15) is 12.4 Å². The average molecular weight is 456 g/mol. The van der Waals surface area contributed by atoms with Crippen LogP contribution in [0.1, 0.15) is 25.5 Å². The minimum Gasteiger partial charge on any atom is -0.309 e. The molecule has 0 atom stereocenters. The third-order valence-corrected chi connectivity index (χ3v) is 7.54. The Labute approximate surface area is 186 Å². The molecule has 1 aliphatic heterocycles. The van der Waals surface area contributed by atoms with Gasteiger partial charge in [-0.1, -0.05) is 13.0 Å². The molecule has 10 heteroatoms. The highest BCUT2D eigenvalue weighted by atomic mass is 32.2. The summed E-state index contributed by atoms with van der Waals surface area (Å²) >= 11 is 0. The Morgan fingerprint density at radius 1 is 1.19 bits per heavy atom. The Morgan fingerprint density at radius 2 is 1.94 bits per heavy atom. The highest BCUT2D eigenvalue weighted by Gasteiger charge is 2.28. The molecule has 32 heavy (non-hydrogen) atoms. The summed E-state index contributed by atoms with van der Waals surface area (Å²) in [5, 5.41) is 2.80. The molecule has 1 saturated heterocycles. The van der Waals surface area contributed by atoms with Crippen molar-refractivity contribution in [3.63, 3.8) is 0 Å². The van der Waals surface area contributed by atoms with Crippen LogP contribution in [0.3, 0.4) is 0 Å². The van der Waals surface area contributed by atoms with E-state index in [2.05, 4.69) is 22.2 Å². The number of hydrogen-bond acceptors (Lipinski definition) is 6. The van der Waals surface area contributed by atoms with Crippen molar-refractivity contribution in [2.45, 2.75) is 38.1 Å². The number of fused-ring (bicyclic) bond motifs is 1. The number of nitrogens with one attached hydrogen (secondary N) is 1. The number of aromatic nitrogens is 3. The number of carbonyl (C=O) groups excluding carboxylic acids is 1. The summed E-state index contributed by atoms with van der Waals surface area (Å²) in [6.45, 7) is 4.58. The fourth-order valence-corrected chi connectivity index (χ4v) is 5.23.